The predicted molar refractivity (Wildman–Crippen MR) is 96.7 cm³/mol. The molecule has 0 spiro atoms. The molecule has 2 aromatic heterocycles. The lowest BCUT2D eigenvalue weighted by molar-refractivity contribution is 0.152. The van der Waals surface area contributed by atoms with Crippen molar-refractivity contribution in [3.05, 3.63) is 65.2 Å². The van der Waals surface area contributed by atoms with Gasteiger partial charge in [-0.15, -0.1) is 11.3 Å². The molecule has 0 radical (unpaired) electrons. The number of thiophene rings is 1. The number of aromatic nitrogens is 1. The van der Waals surface area contributed by atoms with Crippen molar-refractivity contribution in [1.82, 2.24) is 10.3 Å². The zero-order valence-electron chi connectivity index (χ0n) is 13.4. The van der Waals surface area contributed by atoms with E-state index in [-0.39, 0.29) is 12.1 Å². The molecule has 0 saturated heterocycles. The average molecular weight is 326 g/mol. The highest BCUT2D eigenvalue weighted by molar-refractivity contribution is 7.17. The summed E-state index contributed by atoms with van der Waals surface area (Å²) < 4.78 is 1.22. The van der Waals surface area contributed by atoms with Crippen LogP contribution in [-0.2, 0) is 0 Å². The van der Waals surface area contributed by atoms with Gasteiger partial charge in [0.2, 0.25) is 0 Å². The fourth-order valence-corrected chi connectivity index (χ4v) is 3.62. The Morgan fingerprint density at radius 2 is 1.91 bits per heavy atom. The van der Waals surface area contributed by atoms with E-state index in [1.807, 2.05) is 42.6 Å². The van der Waals surface area contributed by atoms with Crippen LogP contribution in [0.15, 0.2) is 54.0 Å². The SMILES string of the molecule is CC(CC(O)c1ccccc1)NC(C)c1cnc2ccsc2c1. The summed E-state index contributed by atoms with van der Waals surface area (Å²) in [6.07, 6.45) is 2.18. The maximum Gasteiger partial charge on any atom is 0.0809 e. The van der Waals surface area contributed by atoms with Gasteiger partial charge in [-0.2, -0.15) is 0 Å². The normalized spacial score (nSPS) is 15.4. The van der Waals surface area contributed by atoms with Crippen molar-refractivity contribution in [2.75, 3.05) is 0 Å². The van der Waals surface area contributed by atoms with Crippen molar-refractivity contribution in [1.29, 1.82) is 0 Å². The maximum absolute atomic E-state index is 10.3. The summed E-state index contributed by atoms with van der Waals surface area (Å²) in [5.74, 6) is 0. The van der Waals surface area contributed by atoms with Gasteiger partial charge in [0.25, 0.3) is 0 Å². The highest BCUT2D eigenvalue weighted by Crippen LogP contribution is 2.24. The van der Waals surface area contributed by atoms with Gasteiger partial charge >= 0.3 is 0 Å². The van der Waals surface area contributed by atoms with Gasteiger partial charge in [-0.25, -0.2) is 0 Å². The molecule has 23 heavy (non-hydrogen) atoms. The van der Waals surface area contributed by atoms with E-state index >= 15 is 0 Å². The minimum atomic E-state index is -0.441. The Balaban J connectivity index is 1.61. The Kier molecular flexibility index (Phi) is 5.06. The van der Waals surface area contributed by atoms with E-state index in [2.05, 4.69) is 35.6 Å². The number of pyridine rings is 1. The molecule has 3 nitrogen and oxygen atoms in total. The fraction of sp³-hybridized carbons (Fsp3) is 0.316. The van der Waals surface area contributed by atoms with E-state index < -0.39 is 6.10 Å². The Labute approximate surface area is 141 Å². The van der Waals surface area contributed by atoms with Crippen molar-refractivity contribution >= 4 is 21.6 Å². The molecule has 0 saturated carbocycles. The summed E-state index contributed by atoms with van der Waals surface area (Å²) in [6.45, 7) is 4.25. The largest absolute Gasteiger partial charge is 0.388 e. The van der Waals surface area contributed by atoms with Gasteiger partial charge in [0.15, 0.2) is 0 Å². The lowest BCUT2D eigenvalue weighted by Gasteiger charge is -2.22. The van der Waals surface area contributed by atoms with E-state index in [1.54, 1.807) is 11.3 Å². The van der Waals surface area contributed by atoms with Gasteiger partial charge < -0.3 is 10.4 Å². The number of nitrogens with zero attached hydrogens (tertiary/aromatic N) is 1. The van der Waals surface area contributed by atoms with Crippen LogP contribution in [0.2, 0.25) is 0 Å². The van der Waals surface area contributed by atoms with Gasteiger partial charge in [-0.3, -0.25) is 4.98 Å². The number of hydrogen-bond donors (Lipinski definition) is 2. The summed E-state index contributed by atoms with van der Waals surface area (Å²) >= 11 is 1.72. The first-order valence-corrected chi connectivity index (χ1v) is 8.83. The topological polar surface area (TPSA) is 45.1 Å². The third-order valence-electron chi connectivity index (χ3n) is 4.12. The van der Waals surface area contributed by atoms with Gasteiger partial charge in [0.1, 0.15) is 0 Å². The number of benzene rings is 1. The summed E-state index contributed by atoms with van der Waals surface area (Å²) in [4.78, 5) is 4.50. The van der Waals surface area contributed by atoms with Crippen molar-refractivity contribution in [3.8, 4) is 0 Å². The smallest absolute Gasteiger partial charge is 0.0809 e. The molecule has 4 heteroatoms. The second-order valence-electron chi connectivity index (χ2n) is 6.02. The van der Waals surface area contributed by atoms with Gasteiger partial charge in [0, 0.05) is 18.3 Å². The third kappa shape index (κ3) is 3.96. The molecule has 1 aromatic carbocycles. The third-order valence-corrected chi connectivity index (χ3v) is 4.97. The standard InChI is InChI=1S/C19H22N2OS/c1-13(10-18(22)15-6-4-3-5-7-15)21-14(2)16-11-19-17(20-12-16)8-9-23-19/h3-9,11-14,18,21-22H,10H2,1-2H3. The second kappa shape index (κ2) is 7.21. The van der Waals surface area contributed by atoms with Crippen LogP contribution in [0.4, 0.5) is 0 Å². The highest BCUT2D eigenvalue weighted by atomic mass is 32.1. The molecule has 2 heterocycles. The zero-order valence-corrected chi connectivity index (χ0v) is 14.3. The number of fused-ring (bicyclic) bond motifs is 1. The van der Waals surface area contributed by atoms with E-state index in [9.17, 15) is 5.11 Å². The van der Waals surface area contributed by atoms with Crippen LogP contribution in [-0.4, -0.2) is 16.1 Å². The molecular weight excluding hydrogens is 304 g/mol. The van der Waals surface area contributed by atoms with E-state index in [0.29, 0.717) is 6.42 Å². The molecule has 0 bridgehead atoms. The molecule has 3 aromatic rings. The fourth-order valence-electron chi connectivity index (χ4n) is 2.84. The van der Waals surface area contributed by atoms with Gasteiger partial charge in [0.05, 0.1) is 16.3 Å². The van der Waals surface area contributed by atoms with E-state index in [1.165, 1.54) is 10.3 Å². The van der Waals surface area contributed by atoms with E-state index in [4.69, 9.17) is 0 Å². The van der Waals surface area contributed by atoms with Crippen molar-refractivity contribution < 1.29 is 5.11 Å². The second-order valence-corrected chi connectivity index (χ2v) is 6.97. The summed E-state index contributed by atoms with van der Waals surface area (Å²) in [5.41, 5.74) is 3.20. The number of rotatable bonds is 6. The average Bonchev–Trinajstić information content (AvgIpc) is 3.03. The molecule has 3 unspecified atom stereocenters. The Bertz CT molecular complexity index is 756. The molecule has 3 atom stereocenters. The molecule has 0 fully saturated rings. The highest BCUT2D eigenvalue weighted by Gasteiger charge is 2.15. The first-order chi connectivity index (χ1) is 11.1. The molecule has 0 aliphatic rings. The quantitative estimate of drug-likeness (QED) is 0.703. The first-order valence-electron chi connectivity index (χ1n) is 7.95. The minimum absolute atomic E-state index is 0.201. The van der Waals surface area contributed by atoms with Crippen molar-refractivity contribution in [2.45, 2.75) is 38.5 Å². The van der Waals surface area contributed by atoms with Crippen LogP contribution in [0.25, 0.3) is 10.2 Å². The van der Waals surface area contributed by atoms with Crippen LogP contribution in [0.5, 0.6) is 0 Å². The number of nitrogens with one attached hydrogen (secondary N) is 1. The van der Waals surface area contributed by atoms with Crippen LogP contribution in [0.3, 0.4) is 0 Å². The summed E-state index contributed by atoms with van der Waals surface area (Å²) in [6, 6.07) is 14.5. The van der Waals surface area contributed by atoms with Crippen LogP contribution in [0.1, 0.15) is 43.5 Å². The number of aliphatic hydroxyl groups is 1. The maximum atomic E-state index is 10.3. The van der Waals surface area contributed by atoms with Crippen LogP contribution in [0, 0.1) is 0 Å². The molecule has 2 N–H and O–H groups in total. The van der Waals surface area contributed by atoms with Crippen molar-refractivity contribution in [2.24, 2.45) is 0 Å². The lowest BCUT2D eigenvalue weighted by Crippen LogP contribution is -2.30. The first kappa shape index (κ1) is 16.1. The minimum Gasteiger partial charge on any atom is -0.388 e. The Morgan fingerprint density at radius 3 is 2.70 bits per heavy atom. The molecule has 0 amide bonds. The molecule has 0 aliphatic heterocycles. The molecule has 0 aliphatic carbocycles. The predicted octanol–water partition coefficient (Wildman–Crippen LogP) is 4.46. The zero-order chi connectivity index (χ0) is 16.2. The molecule has 120 valence electrons. The van der Waals surface area contributed by atoms with Gasteiger partial charge in [-0.05, 0) is 48.9 Å². The summed E-state index contributed by atoms with van der Waals surface area (Å²) in [7, 11) is 0. The number of aliphatic hydroxyl groups excluding tert-OH is 1. The molecule has 3 rings (SSSR count). The Morgan fingerprint density at radius 1 is 1.13 bits per heavy atom. The van der Waals surface area contributed by atoms with Crippen molar-refractivity contribution in [3.63, 3.8) is 0 Å². The molecular formula is C19H22N2OS. The van der Waals surface area contributed by atoms with Crippen LogP contribution < -0.4 is 5.32 Å². The summed E-state index contributed by atoms with van der Waals surface area (Å²) in [5, 5.41) is 16.0. The van der Waals surface area contributed by atoms with Gasteiger partial charge in [-0.1, -0.05) is 30.3 Å². The van der Waals surface area contributed by atoms with Crippen LogP contribution >= 0.6 is 11.3 Å². The number of hydrogen-bond acceptors (Lipinski definition) is 4. The van der Waals surface area contributed by atoms with E-state index in [0.717, 1.165) is 11.1 Å². The Hall–Kier alpha value is -1.75. The lowest BCUT2D eigenvalue weighted by atomic mass is 10.0. The monoisotopic (exact) mass is 326 g/mol.